The van der Waals surface area contributed by atoms with E-state index in [1.165, 1.54) is 6.42 Å². The molecule has 3 N–H and O–H groups in total. The van der Waals surface area contributed by atoms with E-state index in [4.69, 9.17) is 5.73 Å². The molecule has 1 heterocycles. The first-order valence-corrected chi connectivity index (χ1v) is 6.80. The van der Waals surface area contributed by atoms with Gasteiger partial charge in [0.05, 0.1) is 23.5 Å². The third-order valence-electron chi connectivity index (χ3n) is 3.97. The van der Waals surface area contributed by atoms with Crippen LogP contribution in [0.25, 0.3) is 0 Å². The second kappa shape index (κ2) is 5.18. The summed E-state index contributed by atoms with van der Waals surface area (Å²) in [5.74, 6) is 0.945. The highest BCUT2D eigenvalue weighted by Crippen LogP contribution is 2.31. The molecule has 2 atom stereocenters. The van der Waals surface area contributed by atoms with E-state index in [-0.39, 0.29) is 12.1 Å². The van der Waals surface area contributed by atoms with Crippen LogP contribution in [0.5, 0.6) is 0 Å². The Morgan fingerprint density at radius 2 is 2.11 bits per heavy atom. The molecule has 0 saturated heterocycles. The van der Waals surface area contributed by atoms with Crippen LogP contribution in [-0.4, -0.2) is 34.1 Å². The number of nitrogen functional groups attached to an aromatic ring is 1. The first-order chi connectivity index (χ1) is 8.56. The van der Waals surface area contributed by atoms with Gasteiger partial charge in [-0.1, -0.05) is 12.8 Å². The maximum Gasteiger partial charge on any atom is 0.150 e. The minimum absolute atomic E-state index is 0.155. The molecular weight excluding hydrogens is 228 g/mol. The number of nitrogens with zero attached hydrogens (tertiary/aromatic N) is 3. The summed E-state index contributed by atoms with van der Waals surface area (Å²) in [7, 11) is 2.01. The van der Waals surface area contributed by atoms with Gasteiger partial charge in [-0.05, 0) is 26.7 Å². The van der Waals surface area contributed by atoms with E-state index in [9.17, 15) is 5.11 Å². The molecule has 0 bridgehead atoms. The van der Waals surface area contributed by atoms with Crippen molar-refractivity contribution in [1.29, 1.82) is 0 Å². The molecule has 2 rings (SSSR count). The highest BCUT2D eigenvalue weighted by atomic mass is 16.3. The Kier molecular flexibility index (Phi) is 3.80. The van der Waals surface area contributed by atoms with Crippen molar-refractivity contribution in [2.45, 2.75) is 58.2 Å². The number of rotatable bonds is 3. The first kappa shape index (κ1) is 13.2. The fourth-order valence-electron chi connectivity index (χ4n) is 2.88. The molecule has 0 spiro atoms. The van der Waals surface area contributed by atoms with Crippen molar-refractivity contribution in [3.63, 3.8) is 0 Å². The third-order valence-corrected chi connectivity index (χ3v) is 3.97. The van der Waals surface area contributed by atoms with Crippen LogP contribution in [-0.2, 0) is 6.54 Å². The largest absolute Gasteiger partial charge is 0.394 e. The zero-order chi connectivity index (χ0) is 13.3. The van der Waals surface area contributed by atoms with E-state index in [1.807, 2.05) is 18.7 Å². The van der Waals surface area contributed by atoms with Crippen LogP contribution < -0.4 is 10.6 Å². The minimum Gasteiger partial charge on any atom is -0.394 e. The molecular formula is C13H24N4O. The molecule has 18 heavy (non-hydrogen) atoms. The predicted octanol–water partition coefficient (Wildman–Crippen LogP) is 1.53. The summed E-state index contributed by atoms with van der Waals surface area (Å²) in [4.78, 5) is 2.11. The van der Waals surface area contributed by atoms with Gasteiger partial charge in [0.2, 0.25) is 0 Å². The van der Waals surface area contributed by atoms with E-state index in [2.05, 4.69) is 16.9 Å². The molecule has 102 valence electrons. The van der Waals surface area contributed by atoms with Gasteiger partial charge in [0, 0.05) is 13.6 Å². The summed E-state index contributed by atoms with van der Waals surface area (Å²) in [5.41, 5.74) is 7.72. The Labute approximate surface area is 109 Å². The van der Waals surface area contributed by atoms with E-state index < -0.39 is 0 Å². The summed E-state index contributed by atoms with van der Waals surface area (Å²) >= 11 is 0. The second-order valence-electron chi connectivity index (χ2n) is 5.17. The number of nitrogens with two attached hydrogens (primary N) is 1. The Morgan fingerprint density at radius 3 is 2.72 bits per heavy atom. The van der Waals surface area contributed by atoms with Crippen molar-refractivity contribution in [1.82, 2.24) is 9.78 Å². The van der Waals surface area contributed by atoms with Crippen LogP contribution in [0, 0.1) is 6.92 Å². The number of anilines is 2. The highest BCUT2D eigenvalue weighted by Gasteiger charge is 2.29. The number of hydrogen-bond acceptors (Lipinski definition) is 4. The molecule has 5 heteroatoms. The predicted molar refractivity (Wildman–Crippen MR) is 73.7 cm³/mol. The SMILES string of the molecule is CCn1nc(C)c(N)c1N(C)C1CCCCC1O. The zero-order valence-corrected chi connectivity index (χ0v) is 11.6. The Bertz CT molecular complexity index is 415. The van der Waals surface area contributed by atoms with Gasteiger partial charge < -0.3 is 15.7 Å². The normalized spacial score (nSPS) is 24.2. The number of aromatic nitrogens is 2. The highest BCUT2D eigenvalue weighted by molar-refractivity contribution is 5.66. The molecule has 1 aliphatic rings. The van der Waals surface area contributed by atoms with Gasteiger partial charge in [0.1, 0.15) is 0 Å². The molecule has 1 aliphatic carbocycles. The molecule has 5 nitrogen and oxygen atoms in total. The molecule has 1 saturated carbocycles. The van der Waals surface area contributed by atoms with Crippen molar-refractivity contribution < 1.29 is 5.11 Å². The quantitative estimate of drug-likeness (QED) is 0.856. The Balaban J connectivity index is 2.29. The molecule has 0 radical (unpaired) electrons. The lowest BCUT2D eigenvalue weighted by molar-refractivity contribution is 0.105. The molecule has 2 unspecified atom stereocenters. The van der Waals surface area contributed by atoms with Crippen molar-refractivity contribution in [2.24, 2.45) is 0 Å². The Morgan fingerprint density at radius 1 is 1.44 bits per heavy atom. The number of hydrogen-bond donors (Lipinski definition) is 2. The molecule has 0 amide bonds. The van der Waals surface area contributed by atoms with Crippen molar-refractivity contribution in [2.75, 3.05) is 17.7 Å². The summed E-state index contributed by atoms with van der Waals surface area (Å²) in [6.07, 6.45) is 3.93. The number of aliphatic hydroxyl groups excluding tert-OH is 1. The van der Waals surface area contributed by atoms with Crippen LogP contribution in [0.2, 0.25) is 0 Å². The summed E-state index contributed by atoms with van der Waals surface area (Å²) in [5, 5.41) is 14.6. The number of aliphatic hydroxyl groups is 1. The van der Waals surface area contributed by atoms with E-state index in [1.54, 1.807) is 0 Å². The van der Waals surface area contributed by atoms with Crippen LogP contribution in [0.1, 0.15) is 38.3 Å². The number of likely N-dealkylation sites (N-methyl/N-ethyl adjacent to an activating group) is 1. The third kappa shape index (κ3) is 2.19. The fourth-order valence-corrected chi connectivity index (χ4v) is 2.88. The fraction of sp³-hybridized carbons (Fsp3) is 0.769. The summed E-state index contributed by atoms with van der Waals surface area (Å²) in [6.45, 7) is 4.77. The first-order valence-electron chi connectivity index (χ1n) is 6.80. The topological polar surface area (TPSA) is 67.3 Å². The van der Waals surface area contributed by atoms with Gasteiger partial charge in [-0.3, -0.25) is 0 Å². The average molecular weight is 252 g/mol. The Hall–Kier alpha value is -1.23. The van der Waals surface area contributed by atoms with Gasteiger partial charge in [-0.15, -0.1) is 0 Å². The van der Waals surface area contributed by atoms with Crippen LogP contribution in [0.3, 0.4) is 0 Å². The van der Waals surface area contributed by atoms with Crippen LogP contribution in [0.15, 0.2) is 0 Å². The van der Waals surface area contributed by atoms with E-state index in [0.717, 1.165) is 43.0 Å². The molecule has 1 aromatic rings. The van der Waals surface area contributed by atoms with Gasteiger partial charge in [0.25, 0.3) is 0 Å². The monoisotopic (exact) mass is 252 g/mol. The number of aryl methyl sites for hydroxylation is 2. The standard InChI is InChI=1S/C13H24N4O/c1-4-17-13(12(14)9(2)15-17)16(3)10-7-5-6-8-11(10)18/h10-11,18H,4-8,14H2,1-3H3. The molecule has 1 fully saturated rings. The summed E-state index contributed by atoms with van der Waals surface area (Å²) < 4.78 is 1.92. The van der Waals surface area contributed by atoms with Crippen molar-refractivity contribution >= 4 is 11.5 Å². The average Bonchev–Trinajstić information content (AvgIpc) is 2.65. The second-order valence-corrected chi connectivity index (χ2v) is 5.17. The molecule has 1 aromatic heterocycles. The molecule has 0 aliphatic heterocycles. The zero-order valence-electron chi connectivity index (χ0n) is 11.6. The maximum absolute atomic E-state index is 10.1. The lowest BCUT2D eigenvalue weighted by Crippen LogP contribution is -2.44. The smallest absolute Gasteiger partial charge is 0.150 e. The lowest BCUT2D eigenvalue weighted by atomic mass is 9.91. The van der Waals surface area contributed by atoms with Crippen molar-refractivity contribution in [3.8, 4) is 0 Å². The minimum atomic E-state index is -0.260. The molecule has 0 aromatic carbocycles. The van der Waals surface area contributed by atoms with Crippen molar-refractivity contribution in [3.05, 3.63) is 5.69 Å². The lowest BCUT2D eigenvalue weighted by Gasteiger charge is -2.36. The van der Waals surface area contributed by atoms with Gasteiger partial charge in [0.15, 0.2) is 5.82 Å². The van der Waals surface area contributed by atoms with E-state index >= 15 is 0 Å². The van der Waals surface area contributed by atoms with Crippen LogP contribution in [0.4, 0.5) is 11.5 Å². The maximum atomic E-state index is 10.1. The van der Waals surface area contributed by atoms with E-state index in [0.29, 0.717) is 0 Å². The van der Waals surface area contributed by atoms with Gasteiger partial charge in [-0.2, -0.15) is 5.10 Å². The van der Waals surface area contributed by atoms with Gasteiger partial charge in [-0.25, -0.2) is 4.68 Å². The summed E-state index contributed by atoms with van der Waals surface area (Å²) in [6, 6.07) is 0.155. The van der Waals surface area contributed by atoms with Gasteiger partial charge >= 0.3 is 0 Å². The van der Waals surface area contributed by atoms with Crippen LogP contribution >= 0.6 is 0 Å².